The number of hydrogen-bond acceptors (Lipinski definition) is 1. The van der Waals surface area contributed by atoms with Crippen molar-refractivity contribution in [3.05, 3.63) is 35.9 Å². The Morgan fingerprint density at radius 2 is 1.65 bits per heavy atom. The molecule has 0 amide bonds. The average Bonchev–Trinajstić information content (AvgIpc) is 2.43. The third-order valence-corrected chi connectivity index (χ3v) is 6.90. The number of rotatable bonds is 3. The molecule has 4 bridgehead atoms. The van der Waals surface area contributed by atoms with Crippen molar-refractivity contribution >= 4 is 0 Å². The van der Waals surface area contributed by atoms with Gasteiger partial charge in [-0.25, -0.2) is 0 Å². The lowest BCUT2D eigenvalue weighted by Gasteiger charge is -2.66. The molecule has 0 radical (unpaired) electrons. The van der Waals surface area contributed by atoms with Gasteiger partial charge in [-0.15, -0.1) is 0 Å². The van der Waals surface area contributed by atoms with Gasteiger partial charge in [-0.05, 0) is 60.8 Å². The van der Waals surface area contributed by atoms with Crippen LogP contribution in [-0.4, -0.2) is 5.54 Å². The van der Waals surface area contributed by atoms with Crippen LogP contribution in [0.4, 0.5) is 0 Å². The molecule has 4 fully saturated rings. The van der Waals surface area contributed by atoms with Crippen LogP contribution in [0.5, 0.6) is 0 Å². The molecule has 0 heterocycles. The lowest BCUT2D eigenvalue weighted by atomic mass is 9.43. The zero-order valence-corrected chi connectivity index (χ0v) is 12.9. The molecule has 0 aromatic heterocycles. The minimum absolute atomic E-state index is 0.400. The average molecular weight is 269 g/mol. The molecule has 2 atom stereocenters. The van der Waals surface area contributed by atoms with Crippen molar-refractivity contribution < 1.29 is 0 Å². The van der Waals surface area contributed by atoms with Crippen LogP contribution < -0.4 is 5.32 Å². The lowest BCUT2D eigenvalue weighted by molar-refractivity contribution is -0.124. The maximum absolute atomic E-state index is 4.03. The molecule has 0 saturated heterocycles. The lowest BCUT2D eigenvalue weighted by Crippen LogP contribution is -2.68. The molecule has 1 nitrogen and oxygen atoms in total. The topological polar surface area (TPSA) is 12.0 Å². The Labute approximate surface area is 123 Å². The van der Waals surface area contributed by atoms with Crippen LogP contribution in [-0.2, 0) is 6.54 Å². The maximum atomic E-state index is 4.03. The predicted molar refractivity (Wildman–Crippen MR) is 83.3 cm³/mol. The Balaban J connectivity index is 1.58. The second kappa shape index (κ2) is 4.34. The van der Waals surface area contributed by atoms with Crippen LogP contribution >= 0.6 is 0 Å². The monoisotopic (exact) mass is 269 g/mol. The summed E-state index contributed by atoms with van der Waals surface area (Å²) in [5.74, 6) is 2.96. The van der Waals surface area contributed by atoms with Gasteiger partial charge in [-0.1, -0.05) is 44.2 Å². The summed E-state index contributed by atoms with van der Waals surface area (Å²) in [5, 5.41) is 4.03. The molecule has 4 aliphatic rings. The Bertz CT molecular complexity index is 476. The molecule has 0 aliphatic heterocycles. The molecule has 108 valence electrons. The predicted octanol–water partition coefficient (Wildman–Crippen LogP) is 4.38. The maximum Gasteiger partial charge on any atom is 0.0243 e. The number of benzene rings is 1. The second-order valence-corrected chi connectivity index (χ2v) is 8.19. The van der Waals surface area contributed by atoms with E-state index in [9.17, 15) is 0 Å². The van der Waals surface area contributed by atoms with Crippen LogP contribution in [0.2, 0.25) is 0 Å². The summed E-state index contributed by atoms with van der Waals surface area (Å²) in [7, 11) is 0. The van der Waals surface area contributed by atoms with Crippen molar-refractivity contribution in [1.82, 2.24) is 5.32 Å². The minimum Gasteiger partial charge on any atom is -0.307 e. The van der Waals surface area contributed by atoms with Crippen molar-refractivity contribution in [3.8, 4) is 0 Å². The van der Waals surface area contributed by atoms with E-state index in [1.165, 1.54) is 37.7 Å². The fourth-order valence-electron chi connectivity index (χ4n) is 5.71. The number of hydrogen-bond donors (Lipinski definition) is 1. The molecule has 4 saturated carbocycles. The summed E-state index contributed by atoms with van der Waals surface area (Å²) in [6.45, 7) is 6.11. The normalized spacial score (nSPS) is 41.0. The van der Waals surface area contributed by atoms with Crippen molar-refractivity contribution in [1.29, 1.82) is 0 Å². The summed E-state index contributed by atoms with van der Waals surface area (Å²) in [6, 6.07) is 10.9. The summed E-state index contributed by atoms with van der Waals surface area (Å²) >= 11 is 0. The van der Waals surface area contributed by atoms with Crippen molar-refractivity contribution in [2.45, 2.75) is 58.0 Å². The van der Waals surface area contributed by atoms with Gasteiger partial charge in [0.25, 0.3) is 0 Å². The van der Waals surface area contributed by atoms with E-state index in [4.69, 9.17) is 0 Å². The van der Waals surface area contributed by atoms with Crippen molar-refractivity contribution in [3.63, 3.8) is 0 Å². The highest BCUT2D eigenvalue weighted by Crippen LogP contribution is 2.63. The first-order chi connectivity index (χ1) is 9.59. The van der Waals surface area contributed by atoms with Gasteiger partial charge in [0.2, 0.25) is 0 Å². The highest BCUT2D eigenvalue weighted by molar-refractivity contribution is 5.18. The van der Waals surface area contributed by atoms with Gasteiger partial charge in [-0.3, -0.25) is 0 Å². The van der Waals surface area contributed by atoms with Crippen molar-refractivity contribution in [2.24, 2.45) is 23.2 Å². The Hall–Kier alpha value is -0.820. The molecular weight excluding hydrogens is 242 g/mol. The molecule has 0 spiro atoms. The molecule has 1 aromatic rings. The summed E-state index contributed by atoms with van der Waals surface area (Å²) < 4.78 is 0. The van der Waals surface area contributed by atoms with E-state index >= 15 is 0 Å². The van der Waals surface area contributed by atoms with Gasteiger partial charge in [-0.2, -0.15) is 0 Å². The fraction of sp³-hybridized carbons (Fsp3) is 0.684. The Kier molecular flexibility index (Phi) is 2.79. The highest BCUT2D eigenvalue weighted by Gasteiger charge is 2.60. The first-order valence-corrected chi connectivity index (χ1v) is 8.38. The van der Waals surface area contributed by atoms with Crippen LogP contribution in [0, 0.1) is 23.2 Å². The van der Waals surface area contributed by atoms with Gasteiger partial charge in [0.1, 0.15) is 0 Å². The third-order valence-electron chi connectivity index (χ3n) is 6.90. The van der Waals surface area contributed by atoms with E-state index in [1.807, 2.05) is 0 Å². The molecule has 1 heteroatoms. The minimum atomic E-state index is 0.400. The number of nitrogens with one attached hydrogen (secondary N) is 1. The highest BCUT2D eigenvalue weighted by atomic mass is 15.0. The molecule has 2 unspecified atom stereocenters. The van der Waals surface area contributed by atoms with Crippen LogP contribution in [0.1, 0.15) is 51.5 Å². The van der Waals surface area contributed by atoms with Gasteiger partial charge in [0.05, 0.1) is 0 Å². The second-order valence-electron chi connectivity index (χ2n) is 8.19. The van der Waals surface area contributed by atoms with Gasteiger partial charge in [0.15, 0.2) is 0 Å². The van der Waals surface area contributed by atoms with E-state index in [2.05, 4.69) is 49.5 Å². The zero-order valence-electron chi connectivity index (χ0n) is 12.9. The smallest absolute Gasteiger partial charge is 0.0243 e. The first-order valence-electron chi connectivity index (χ1n) is 8.38. The van der Waals surface area contributed by atoms with E-state index in [1.54, 1.807) is 0 Å². The first kappa shape index (κ1) is 12.9. The molecule has 4 aliphatic carbocycles. The van der Waals surface area contributed by atoms with Gasteiger partial charge in [0, 0.05) is 12.1 Å². The van der Waals surface area contributed by atoms with E-state index < -0.39 is 0 Å². The summed E-state index contributed by atoms with van der Waals surface area (Å²) in [6.07, 6.45) is 7.34. The van der Waals surface area contributed by atoms with E-state index in [0.717, 1.165) is 24.3 Å². The molecule has 20 heavy (non-hydrogen) atoms. The van der Waals surface area contributed by atoms with Gasteiger partial charge < -0.3 is 5.32 Å². The van der Waals surface area contributed by atoms with E-state index in [-0.39, 0.29) is 0 Å². The molecule has 5 rings (SSSR count). The SMILES string of the molecule is CC1(C)C2CC3CC(C2)CC1(NCc1ccccc1)C3. The van der Waals surface area contributed by atoms with E-state index in [0.29, 0.717) is 11.0 Å². The van der Waals surface area contributed by atoms with Crippen LogP contribution in [0.15, 0.2) is 30.3 Å². The largest absolute Gasteiger partial charge is 0.307 e. The quantitative estimate of drug-likeness (QED) is 0.858. The summed E-state index contributed by atoms with van der Waals surface area (Å²) in [5.41, 5.74) is 2.30. The Morgan fingerprint density at radius 3 is 2.30 bits per heavy atom. The molecule has 1 N–H and O–H groups in total. The van der Waals surface area contributed by atoms with Crippen LogP contribution in [0.25, 0.3) is 0 Å². The Morgan fingerprint density at radius 1 is 1.00 bits per heavy atom. The standard InChI is InChI=1S/C19H27N/c1-18(2)17-9-15-8-16(10-17)12-19(18,11-15)20-13-14-6-4-3-5-7-14/h3-7,15-17,20H,8-13H2,1-2H3. The fourth-order valence-corrected chi connectivity index (χ4v) is 5.71. The third kappa shape index (κ3) is 1.79. The van der Waals surface area contributed by atoms with Crippen LogP contribution in [0.3, 0.4) is 0 Å². The molecule has 1 aromatic carbocycles. The zero-order chi connectivity index (χ0) is 13.8. The van der Waals surface area contributed by atoms with Gasteiger partial charge >= 0.3 is 0 Å². The summed E-state index contributed by atoms with van der Waals surface area (Å²) in [4.78, 5) is 0. The van der Waals surface area contributed by atoms with Crippen molar-refractivity contribution in [2.75, 3.05) is 0 Å². The molecular formula is C19H27N.